The Morgan fingerprint density at radius 1 is 1.04 bits per heavy atom. The van der Waals surface area contributed by atoms with E-state index in [1.54, 1.807) is 36.4 Å². The van der Waals surface area contributed by atoms with Gasteiger partial charge in [-0.2, -0.15) is 0 Å². The van der Waals surface area contributed by atoms with Crippen molar-refractivity contribution in [2.24, 2.45) is 0 Å². The zero-order valence-electron chi connectivity index (χ0n) is 12.6. The molecule has 0 aliphatic heterocycles. The number of thioether (sulfide) groups is 1. The molecule has 0 aliphatic rings. The fraction of sp³-hybridized carbons (Fsp3) is 0.118. The van der Waals surface area contributed by atoms with Gasteiger partial charge in [-0.25, -0.2) is 0 Å². The van der Waals surface area contributed by atoms with Crippen molar-refractivity contribution in [3.8, 4) is 0 Å². The van der Waals surface area contributed by atoms with E-state index in [-0.39, 0.29) is 28.1 Å². The molecule has 0 heterocycles. The first-order chi connectivity index (χ1) is 11.4. The zero-order valence-corrected chi connectivity index (χ0v) is 15.0. The van der Waals surface area contributed by atoms with Crippen LogP contribution in [0.5, 0.6) is 0 Å². The fourth-order valence-electron chi connectivity index (χ4n) is 1.96. The van der Waals surface area contributed by atoms with Crippen molar-refractivity contribution >= 4 is 57.5 Å². The summed E-state index contributed by atoms with van der Waals surface area (Å²) < 4.78 is 0. The molecule has 0 saturated carbocycles. The smallest absolute Gasteiger partial charge is 0.234 e. The highest BCUT2D eigenvalue weighted by atomic mass is 35.5. The summed E-state index contributed by atoms with van der Waals surface area (Å²) >= 11 is 12.9. The Morgan fingerprint density at radius 3 is 2.42 bits per heavy atom. The van der Waals surface area contributed by atoms with E-state index < -0.39 is 0 Å². The van der Waals surface area contributed by atoms with Crippen molar-refractivity contribution in [3.05, 3.63) is 63.6 Å². The predicted octanol–water partition coefficient (Wildman–Crippen LogP) is 4.44. The molecule has 0 radical (unpaired) electrons. The van der Waals surface area contributed by atoms with Gasteiger partial charge in [0, 0.05) is 23.1 Å². The summed E-state index contributed by atoms with van der Waals surface area (Å²) in [5.74, 6) is -0.763. The van der Waals surface area contributed by atoms with Gasteiger partial charge in [-0.05, 0) is 30.3 Å². The highest BCUT2D eigenvalue weighted by Gasteiger charge is 2.18. The van der Waals surface area contributed by atoms with E-state index >= 15 is 0 Å². The number of halogens is 2. The quantitative estimate of drug-likeness (QED) is 0.777. The van der Waals surface area contributed by atoms with Gasteiger partial charge in [-0.15, -0.1) is 0 Å². The van der Waals surface area contributed by atoms with Gasteiger partial charge in [-0.3, -0.25) is 14.4 Å². The Morgan fingerprint density at radius 2 is 1.75 bits per heavy atom. The normalized spacial score (nSPS) is 10.3. The second-order valence-electron chi connectivity index (χ2n) is 4.83. The van der Waals surface area contributed by atoms with Crippen LogP contribution in [-0.2, 0) is 9.59 Å². The van der Waals surface area contributed by atoms with Gasteiger partial charge >= 0.3 is 0 Å². The van der Waals surface area contributed by atoms with E-state index in [1.165, 1.54) is 13.0 Å². The lowest BCUT2D eigenvalue weighted by Crippen LogP contribution is -2.17. The minimum atomic E-state index is -0.384. The summed E-state index contributed by atoms with van der Waals surface area (Å²) in [4.78, 5) is 35.6. The summed E-state index contributed by atoms with van der Waals surface area (Å²) in [6, 6.07) is 11.2. The number of carbonyl (C=O) groups is 3. The lowest BCUT2D eigenvalue weighted by Gasteiger charge is -2.11. The molecule has 24 heavy (non-hydrogen) atoms. The monoisotopic (exact) mass is 381 g/mol. The molecular formula is C17H13Cl2NO3S. The Kier molecular flexibility index (Phi) is 6.43. The standard InChI is InChI=1S/C17H13Cl2NO3S/c1-10(21)24-9-16(22)20-15-7-6-11(18)8-13(15)17(23)12-4-2-3-5-14(12)19/h2-8H,9H2,1H3,(H,20,22). The molecule has 4 nitrogen and oxygen atoms in total. The third-order valence-electron chi connectivity index (χ3n) is 3.03. The van der Waals surface area contributed by atoms with Gasteiger partial charge in [-0.1, -0.05) is 47.1 Å². The van der Waals surface area contributed by atoms with Crippen LogP contribution in [0.2, 0.25) is 10.0 Å². The molecule has 0 spiro atoms. The number of rotatable bonds is 5. The predicted molar refractivity (Wildman–Crippen MR) is 98.1 cm³/mol. The van der Waals surface area contributed by atoms with Crippen LogP contribution in [-0.4, -0.2) is 22.6 Å². The number of amides is 1. The maximum atomic E-state index is 12.7. The van der Waals surface area contributed by atoms with Gasteiger partial charge in [0.25, 0.3) is 0 Å². The number of carbonyl (C=O) groups excluding carboxylic acids is 3. The van der Waals surface area contributed by atoms with Crippen molar-refractivity contribution in [3.63, 3.8) is 0 Å². The van der Waals surface area contributed by atoms with E-state index in [2.05, 4.69) is 5.32 Å². The molecule has 2 aromatic rings. The summed E-state index contributed by atoms with van der Waals surface area (Å²) in [5, 5.41) is 3.14. The minimum absolute atomic E-state index is 0.0301. The van der Waals surface area contributed by atoms with Crippen LogP contribution < -0.4 is 5.32 Å². The van der Waals surface area contributed by atoms with Gasteiger partial charge in [0.1, 0.15) is 0 Å². The molecule has 7 heteroatoms. The summed E-state index contributed by atoms with van der Waals surface area (Å²) in [6.45, 7) is 1.38. The Hall–Kier alpha value is -1.82. The van der Waals surface area contributed by atoms with Crippen LogP contribution >= 0.6 is 35.0 Å². The maximum Gasteiger partial charge on any atom is 0.234 e. The highest BCUT2D eigenvalue weighted by Crippen LogP contribution is 2.26. The second kappa shape index (κ2) is 8.33. The summed E-state index contributed by atoms with van der Waals surface area (Å²) in [5.41, 5.74) is 0.866. The number of nitrogens with one attached hydrogen (secondary N) is 1. The molecule has 1 amide bonds. The maximum absolute atomic E-state index is 12.7. The molecule has 124 valence electrons. The molecule has 0 aromatic heterocycles. The molecule has 0 bridgehead atoms. The number of benzene rings is 2. The minimum Gasteiger partial charge on any atom is -0.325 e. The van der Waals surface area contributed by atoms with E-state index in [0.29, 0.717) is 21.3 Å². The van der Waals surface area contributed by atoms with Crippen LogP contribution in [0.15, 0.2) is 42.5 Å². The van der Waals surface area contributed by atoms with Crippen molar-refractivity contribution in [1.29, 1.82) is 0 Å². The van der Waals surface area contributed by atoms with Crippen molar-refractivity contribution in [2.75, 3.05) is 11.1 Å². The summed E-state index contributed by atoms with van der Waals surface area (Å²) in [6.07, 6.45) is 0. The molecule has 0 fully saturated rings. The average Bonchev–Trinajstić information content (AvgIpc) is 2.54. The highest BCUT2D eigenvalue weighted by molar-refractivity contribution is 8.14. The lowest BCUT2D eigenvalue weighted by atomic mass is 10.0. The first-order valence-electron chi connectivity index (χ1n) is 6.90. The topological polar surface area (TPSA) is 63.2 Å². The number of anilines is 1. The summed E-state index contributed by atoms with van der Waals surface area (Å²) in [7, 11) is 0. The molecule has 2 rings (SSSR count). The number of ketones is 1. The van der Waals surface area contributed by atoms with Crippen molar-refractivity contribution in [1.82, 2.24) is 0 Å². The van der Waals surface area contributed by atoms with Gasteiger partial charge in [0.05, 0.1) is 16.5 Å². The SMILES string of the molecule is CC(=O)SCC(=O)Nc1ccc(Cl)cc1C(=O)c1ccccc1Cl. The van der Waals surface area contributed by atoms with Crippen LogP contribution in [0, 0.1) is 0 Å². The molecule has 0 aliphatic carbocycles. The third-order valence-corrected chi connectivity index (χ3v) is 4.40. The molecule has 1 N–H and O–H groups in total. The van der Waals surface area contributed by atoms with Gasteiger partial charge in [0.15, 0.2) is 10.9 Å². The largest absolute Gasteiger partial charge is 0.325 e. The van der Waals surface area contributed by atoms with Crippen molar-refractivity contribution < 1.29 is 14.4 Å². The van der Waals surface area contributed by atoms with E-state index in [0.717, 1.165) is 11.8 Å². The molecule has 0 saturated heterocycles. The van der Waals surface area contributed by atoms with Gasteiger partial charge in [0.2, 0.25) is 5.91 Å². The Labute approximate surface area is 153 Å². The fourth-order valence-corrected chi connectivity index (χ4v) is 2.76. The number of hydrogen-bond acceptors (Lipinski definition) is 4. The van der Waals surface area contributed by atoms with E-state index in [9.17, 15) is 14.4 Å². The van der Waals surface area contributed by atoms with E-state index in [1.807, 2.05) is 0 Å². The average molecular weight is 382 g/mol. The Bertz CT molecular complexity index is 808. The zero-order chi connectivity index (χ0) is 17.7. The second-order valence-corrected chi connectivity index (χ2v) is 6.82. The molecule has 0 atom stereocenters. The number of hydrogen-bond donors (Lipinski definition) is 1. The van der Waals surface area contributed by atoms with Crippen LogP contribution in [0.25, 0.3) is 0 Å². The molecular weight excluding hydrogens is 369 g/mol. The first kappa shape index (κ1) is 18.5. The Balaban J connectivity index is 2.31. The molecule has 2 aromatic carbocycles. The molecule has 0 unspecified atom stereocenters. The first-order valence-corrected chi connectivity index (χ1v) is 8.64. The van der Waals surface area contributed by atoms with Gasteiger partial charge < -0.3 is 5.32 Å². The third kappa shape index (κ3) is 4.84. The van der Waals surface area contributed by atoms with Crippen LogP contribution in [0.3, 0.4) is 0 Å². The van der Waals surface area contributed by atoms with Crippen molar-refractivity contribution in [2.45, 2.75) is 6.92 Å². The van der Waals surface area contributed by atoms with Crippen LogP contribution in [0.1, 0.15) is 22.8 Å². The van der Waals surface area contributed by atoms with E-state index in [4.69, 9.17) is 23.2 Å². The lowest BCUT2D eigenvalue weighted by molar-refractivity contribution is -0.114. The van der Waals surface area contributed by atoms with Crippen LogP contribution in [0.4, 0.5) is 5.69 Å².